The minimum absolute atomic E-state index is 0.0641. The minimum atomic E-state index is -4.67. The molecule has 5 aliphatic rings. The number of nitro benzene ring substituents is 1. The molecule has 0 radical (unpaired) electrons. The van der Waals surface area contributed by atoms with Gasteiger partial charge in [-0.2, -0.15) is 0 Å². The smallest absolute Gasteiger partial charge is 0.288 e. The molecule has 5 heterocycles. The lowest BCUT2D eigenvalue weighted by atomic mass is 9.59. The summed E-state index contributed by atoms with van der Waals surface area (Å²) < 4.78 is 48.6. The van der Waals surface area contributed by atoms with Crippen molar-refractivity contribution in [2.24, 2.45) is 11.3 Å². The molecule has 1 spiro atoms. The molecule has 3 aromatic carbocycles. The molecule has 0 unspecified atom stereocenters. The quantitative estimate of drug-likeness (QED) is 0.0839. The van der Waals surface area contributed by atoms with Crippen molar-refractivity contribution < 1.29 is 37.5 Å². The summed E-state index contributed by atoms with van der Waals surface area (Å²) in [4.78, 5) is 38.1. The molecule has 5 aromatic rings. The number of aliphatic hydroxyl groups is 1. The third kappa shape index (κ3) is 9.29. The summed E-state index contributed by atoms with van der Waals surface area (Å²) in [7, 11) is -4.67. The Labute approximate surface area is 405 Å². The van der Waals surface area contributed by atoms with Crippen molar-refractivity contribution in [3.63, 3.8) is 0 Å². The molecule has 2 saturated carbocycles. The van der Waals surface area contributed by atoms with Crippen LogP contribution in [0.5, 0.6) is 17.2 Å². The van der Waals surface area contributed by atoms with Gasteiger partial charge in [0.05, 0.1) is 51.5 Å². The highest BCUT2D eigenvalue weighted by Crippen LogP contribution is 2.54. The summed E-state index contributed by atoms with van der Waals surface area (Å²) in [6.45, 7) is 10.5. The summed E-state index contributed by atoms with van der Waals surface area (Å²) in [6, 6.07) is 18.5. The fraction of sp³-hybridized carbons (Fsp3) is 0.480. The molecule has 2 saturated heterocycles. The van der Waals surface area contributed by atoms with Gasteiger partial charge in [-0.15, -0.1) is 11.8 Å². The monoisotopic (exact) mass is 984 g/mol. The highest BCUT2D eigenvalue weighted by Gasteiger charge is 2.50. The van der Waals surface area contributed by atoms with Crippen molar-refractivity contribution in [3.8, 4) is 17.2 Å². The second-order valence-corrected chi connectivity index (χ2v) is 23.2. The van der Waals surface area contributed by atoms with Gasteiger partial charge in [0.25, 0.3) is 21.6 Å². The van der Waals surface area contributed by atoms with Crippen LogP contribution >= 0.6 is 23.4 Å². The first-order valence-corrected chi connectivity index (χ1v) is 26.3. The molecule has 3 N–H and O–H groups in total. The number of ether oxygens (including phenoxy) is 3. The number of hydrogen-bond acceptors (Lipinski definition) is 13. The number of benzene rings is 3. The predicted octanol–water partition coefficient (Wildman–Crippen LogP) is 9.78. The first kappa shape index (κ1) is 46.8. The first-order valence-electron chi connectivity index (χ1n) is 23.6. The molecule has 15 nitrogen and oxygen atoms in total. The summed E-state index contributed by atoms with van der Waals surface area (Å²) in [6.07, 6.45) is 10.1. The van der Waals surface area contributed by atoms with Crippen molar-refractivity contribution in [1.29, 1.82) is 0 Å². The van der Waals surface area contributed by atoms with Gasteiger partial charge >= 0.3 is 0 Å². The summed E-state index contributed by atoms with van der Waals surface area (Å²) in [5.41, 5.74) is 3.12. The highest BCUT2D eigenvalue weighted by molar-refractivity contribution is 8.00. The Morgan fingerprint density at radius 2 is 1.82 bits per heavy atom. The first-order chi connectivity index (χ1) is 32.6. The summed E-state index contributed by atoms with van der Waals surface area (Å²) >= 11 is 7.73. The predicted molar refractivity (Wildman–Crippen MR) is 261 cm³/mol. The van der Waals surface area contributed by atoms with Crippen molar-refractivity contribution in [2.45, 2.75) is 111 Å². The van der Waals surface area contributed by atoms with Crippen LogP contribution in [0.3, 0.4) is 0 Å². The number of nitro groups is 1. The Morgan fingerprint density at radius 1 is 1.06 bits per heavy atom. The third-order valence-electron chi connectivity index (χ3n) is 15.1. The van der Waals surface area contributed by atoms with E-state index in [2.05, 4.69) is 62.6 Å². The van der Waals surface area contributed by atoms with Gasteiger partial charge in [-0.1, -0.05) is 49.7 Å². The number of H-pyrrole nitrogens is 1. The fourth-order valence-corrected chi connectivity index (χ4v) is 13.7. The van der Waals surface area contributed by atoms with Crippen molar-refractivity contribution >= 4 is 61.7 Å². The molecular formula is C50H57ClN6O9S2. The van der Waals surface area contributed by atoms with E-state index in [1.807, 2.05) is 6.92 Å². The Balaban J connectivity index is 0.864. The highest BCUT2D eigenvalue weighted by atomic mass is 35.5. The Morgan fingerprint density at radius 3 is 2.57 bits per heavy atom. The van der Waals surface area contributed by atoms with Crippen LogP contribution in [0.2, 0.25) is 5.02 Å². The van der Waals surface area contributed by atoms with E-state index in [9.17, 15) is 28.4 Å². The number of piperidine rings is 1. The molecule has 18 heteroatoms. The molecule has 0 bridgehead atoms. The van der Waals surface area contributed by atoms with E-state index in [1.54, 1.807) is 30.5 Å². The number of morpholine rings is 1. The molecule has 2 atom stereocenters. The van der Waals surface area contributed by atoms with E-state index in [4.69, 9.17) is 25.8 Å². The van der Waals surface area contributed by atoms with Crippen molar-refractivity contribution in [2.75, 3.05) is 44.4 Å². The standard InChI is InChI=1S/C50H57ClN6O9S2/c1-30(2)36-6-4-5-7-37(36)42-28-64-19-18-56(42)33-24-50(25-33)14-16-55(17-15-50)32-8-9-38(43(20-32)66-34-21-39-40(51)27-53-47(39)52-26-34)48(58)54-68(62,63)35-22-41(57(60)61)46-44(23-35)65-29-45(67-46)31-10-12-49(3,59)13-11-31/h4-9,20-23,26-27,30-31,33,42,45,59H,10-19,24-25,28-29H2,1-3H3,(H,52,53)(H,54,58)/t31-,42-,45+,49-/m0/s1. The zero-order chi connectivity index (χ0) is 47.5. The third-order valence-corrected chi connectivity index (χ3v) is 18.2. The fourth-order valence-electron chi connectivity index (χ4n) is 11.1. The summed E-state index contributed by atoms with van der Waals surface area (Å²) in [5.74, 6) is 0.0505. The maximum atomic E-state index is 14.2. The lowest BCUT2D eigenvalue weighted by molar-refractivity contribution is -0.388. The van der Waals surface area contributed by atoms with Crippen LogP contribution in [-0.4, -0.2) is 95.6 Å². The average Bonchev–Trinajstić information content (AvgIpc) is 3.69. The molecule has 2 aromatic heterocycles. The van der Waals surface area contributed by atoms with Gasteiger partial charge in [0.15, 0.2) is 0 Å². The Kier molecular flexibility index (Phi) is 12.7. The zero-order valence-corrected chi connectivity index (χ0v) is 40.8. The van der Waals surface area contributed by atoms with Crippen LogP contribution in [-0.2, 0) is 14.8 Å². The lowest BCUT2D eigenvalue weighted by Crippen LogP contribution is -2.58. The number of rotatable bonds is 11. The maximum Gasteiger partial charge on any atom is 0.288 e. The number of hydrogen-bond donors (Lipinski definition) is 3. The van der Waals surface area contributed by atoms with Gasteiger partial charge in [-0.05, 0) is 105 Å². The van der Waals surface area contributed by atoms with Crippen LogP contribution in [0.25, 0.3) is 11.0 Å². The number of halogens is 1. The zero-order valence-electron chi connectivity index (χ0n) is 38.4. The van der Waals surface area contributed by atoms with Crippen LogP contribution in [0.1, 0.15) is 106 Å². The van der Waals surface area contributed by atoms with Crippen molar-refractivity contribution in [1.82, 2.24) is 19.6 Å². The molecule has 360 valence electrons. The van der Waals surface area contributed by atoms with E-state index in [1.165, 1.54) is 35.2 Å². The van der Waals surface area contributed by atoms with E-state index >= 15 is 0 Å². The topological polar surface area (TPSA) is 189 Å². The van der Waals surface area contributed by atoms with Gasteiger partial charge < -0.3 is 29.2 Å². The van der Waals surface area contributed by atoms with Gasteiger partial charge in [-0.25, -0.2) is 18.1 Å². The number of anilines is 1. The maximum absolute atomic E-state index is 14.2. The SMILES string of the molecule is CC(C)c1ccccc1[C@@H]1COCCN1C1CC2(CCN(c3ccc(C(=O)NS(=O)(=O)c4cc5c(c([N+](=O)[O-])c4)S[C@@H]([C@H]4CC[C@](C)(O)CC4)CO5)c(Oc4cnc5[nH]cc(Cl)c5c4)c3)CC2)C1. The van der Waals surface area contributed by atoms with E-state index < -0.39 is 37.0 Å². The molecular weight excluding hydrogens is 928 g/mol. The second-order valence-electron chi connectivity index (χ2n) is 19.9. The molecule has 4 fully saturated rings. The number of carbonyl (C=O) groups is 1. The Hall–Kier alpha value is -4.91. The van der Waals surface area contributed by atoms with Crippen LogP contribution in [0.15, 0.2) is 82.8 Å². The van der Waals surface area contributed by atoms with Crippen LogP contribution in [0.4, 0.5) is 11.4 Å². The molecule has 1 amide bonds. The molecule has 2 aliphatic carbocycles. The largest absolute Gasteiger partial charge is 0.491 e. The van der Waals surface area contributed by atoms with Crippen molar-refractivity contribution in [3.05, 3.63) is 105 Å². The van der Waals surface area contributed by atoms with Gasteiger partial charge in [0, 0.05) is 66.4 Å². The number of nitrogens with one attached hydrogen (secondary N) is 2. The van der Waals surface area contributed by atoms with E-state index in [-0.39, 0.29) is 56.9 Å². The van der Waals surface area contributed by atoms with Gasteiger partial charge in [0.1, 0.15) is 34.4 Å². The minimum Gasteiger partial charge on any atom is -0.491 e. The number of nitrogens with zero attached hydrogens (tertiary/aromatic N) is 4. The van der Waals surface area contributed by atoms with Crippen LogP contribution < -0.4 is 19.1 Å². The average molecular weight is 986 g/mol. The van der Waals surface area contributed by atoms with Crippen LogP contribution in [0, 0.1) is 21.4 Å². The van der Waals surface area contributed by atoms with Gasteiger partial charge in [0.2, 0.25) is 0 Å². The number of carbonyl (C=O) groups excluding carboxylic acids is 1. The number of fused-ring (bicyclic) bond motifs is 2. The lowest BCUT2D eigenvalue weighted by Gasteiger charge is -2.57. The van der Waals surface area contributed by atoms with Gasteiger partial charge in [-0.3, -0.25) is 19.8 Å². The number of aromatic nitrogens is 2. The number of sulfonamides is 1. The molecule has 10 rings (SSSR count). The number of pyridine rings is 1. The number of aromatic amines is 1. The van der Waals surface area contributed by atoms with E-state index in [0.717, 1.165) is 76.5 Å². The molecule has 68 heavy (non-hydrogen) atoms. The summed E-state index contributed by atoms with van der Waals surface area (Å²) in [5, 5.41) is 23.8. The number of amides is 1. The van der Waals surface area contributed by atoms with E-state index in [0.29, 0.717) is 47.5 Å². The Bertz CT molecular complexity index is 2850. The number of thioether (sulfide) groups is 1. The molecule has 3 aliphatic heterocycles. The second kappa shape index (κ2) is 18.4. The normalized spacial score (nSPS) is 24.3.